The fourth-order valence-corrected chi connectivity index (χ4v) is 4.76. The molecule has 0 saturated carbocycles. The lowest BCUT2D eigenvalue weighted by Crippen LogP contribution is -2.34. The number of hydrogen-bond acceptors (Lipinski definition) is 6. The summed E-state index contributed by atoms with van der Waals surface area (Å²) >= 11 is 19.5. The number of hydrogen-bond donors (Lipinski definition) is 2. The highest BCUT2D eigenvalue weighted by atomic mass is 35.5. The zero-order chi connectivity index (χ0) is 19.0. The molecule has 0 aliphatic rings. The number of nitrogens with one attached hydrogen (secondary N) is 2. The Morgan fingerprint density at radius 3 is 2.78 bits per heavy atom. The van der Waals surface area contributed by atoms with Crippen LogP contribution in [0.4, 0.5) is 5.13 Å². The van der Waals surface area contributed by atoms with Crippen LogP contribution in [0.5, 0.6) is 0 Å². The molecule has 3 aromatic heterocycles. The first kappa shape index (κ1) is 18.4. The number of thiocarbonyl (C=S) groups is 1. The van der Waals surface area contributed by atoms with Gasteiger partial charge in [-0.3, -0.25) is 10.1 Å². The number of anilines is 1. The maximum atomic E-state index is 12.2. The number of halogens is 2. The normalized spacial score (nSPS) is 10.9. The summed E-state index contributed by atoms with van der Waals surface area (Å²) in [7, 11) is 0. The Labute approximate surface area is 176 Å². The monoisotopic (exact) mass is 453 g/mol. The predicted molar refractivity (Wildman–Crippen MR) is 115 cm³/mol. The summed E-state index contributed by atoms with van der Waals surface area (Å²) in [5.74, 6) is 0.227. The lowest BCUT2D eigenvalue weighted by atomic mass is 10.2. The molecule has 1 amide bonds. The van der Waals surface area contributed by atoms with Crippen molar-refractivity contribution in [1.82, 2.24) is 10.3 Å². The number of para-hydroxylation sites is 1. The molecule has 27 heavy (non-hydrogen) atoms. The molecule has 4 aromatic rings. The van der Waals surface area contributed by atoms with Crippen molar-refractivity contribution in [3.05, 3.63) is 56.0 Å². The van der Waals surface area contributed by atoms with Crippen molar-refractivity contribution in [3.63, 3.8) is 0 Å². The average molecular weight is 454 g/mol. The number of rotatable bonds is 3. The zero-order valence-electron chi connectivity index (χ0n) is 13.3. The molecule has 0 aliphatic carbocycles. The SMILES string of the molecule is O=C(NC(=S)Nc1nc(-c2cc3ccccc3o2)cs1)c1cc(Cl)sc1Cl. The van der Waals surface area contributed by atoms with E-state index in [1.807, 2.05) is 35.7 Å². The highest BCUT2D eigenvalue weighted by molar-refractivity contribution is 7.80. The van der Waals surface area contributed by atoms with Gasteiger partial charge in [0.15, 0.2) is 16.0 Å². The van der Waals surface area contributed by atoms with Gasteiger partial charge in [0.25, 0.3) is 5.91 Å². The van der Waals surface area contributed by atoms with Gasteiger partial charge in [-0.25, -0.2) is 4.98 Å². The van der Waals surface area contributed by atoms with E-state index in [0.717, 1.165) is 22.3 Å². The molecule has 4 rings (SSSR count). The number of thiophene rings is 1. The van der Waals surface area contributed by atoms with Gasteiger partial charge >= 0.3 is 0 Å². The number of nitrogens with zero attached hydrogens (tertiary/aromatic N) is 1. The quantitative estimate of drug-likeness (QED) is 0.369. The van der Waals surface area contributed by atoms with Gasteiger partial charge in [-0.1, -0.05) is 41.4 Å². The molecule has 0 saturated heterocycles. The second-order valence-electron chi connectivity index (χ2n) is 5.33. The number of benzene rings is 1. The summed E-state index contributed by atoms with van der Waals surface area (Å²) in [5.41, 5.74) is 1.75. The number of carbonyl (C=O) groups is 1. The molecule has 0 unspecified atom stereocenters. The van der Waals surface area contributed by atoms with E-state index in [-0.39, 0.29) is 10.7 Å². The smallest absolute Gasteiger partial charge is 0.259 e. The first-order valence-corrected chi connectivity index (χ1v) is 10.4. The fraction of sp³-hybridized carbons (Fsp3) is 0. The molecule has 0 atom stereocenters. The lowest BCUT2D eigenvalue weighted by molar-refractivity contribution is 0.0978. The summed E-state index contributed by atoms with van der Waals surface area (Å²) < 4.78 is 6.54. The third-order valence-electron chi connectivity index (χ3n) is 3.53. The van der Waals surface area contributed by atoms with Crippen molar-refractivity contribution < 1.29 is 9.21 Å². The summed E-state index contributed by atoms with van der Waals surface area (Å²) in [4.78, 5) is 16.6. The van der Waals surface area contributed by atoms with Crippen molar-refractivity contribution in [1.29, 1.82) is 0 Å². The third kappa shape index (κ3) is 3.99. The van der Waals surface area contributed by atoms with Crippen LogP contribution in [0.1, 0.15) is 10.4 Å². The average Bonchev–Trinajstić information content (AvgIpc) is 3.32. The van der Waals surface area contributed by atoms with Crippen molar-refractivity contribution in [2.24, 2.45) is 0 Å². The Hall–Kier alpha value is -1.97. The van der Waals surface area contributed by atoms with E-state index in [1.54, 1.807) is 0 Å². The first-order chi connectivity index (χ1) is 13.0. The molecular weight excluding hydrogens is 445 g/mol. The van der Waals surface area contributed by atoms with Crippen LogP contribution in [0.25, 0.3) is 22.4 Å². The molecule has 0 spiro atoms. The van der Waals surface area contributed by atoms with Crippen LogP contribution in [0, 0.1) is 0 Å². The standard InChI is InChI=1S/C17H9Cl2N3O2S3/c18-13-6-9(14(19)27-13)15(23)21-16(25)22-17-20-10(7-26-17)12-5-8-3-1-2-4-11(8)24-12/h1-7H,(H2,20,21,22,23,25). The predicted octanol–water partition coefficient (Wildman–Crippen LogP) is 6.05. The fourth-order valence-electron chi connectivity index (χ4n) is 2.35. The van der Waals surface area contributed by atoms with Crippen LogP contribution in [0.3, 0.4) is 0 Å². The van der Waals surface area contributed by atoms with Gasteiger partial charge in [0.2, 0.25) is 0 Å². The Bertz CT molecular complexity index is 1130. The number of carbonyl (C=O) groups excluding carboxylic acids is 1. The Morgan fingerprint density at radius 1 is 1.22 bits per heavy atom. The second-order valence-corrected chi connectivity index (χ2v) is 8.88. The van der Waals surface area contributed by atoms with E-state index in [9.17, 15) is 4.79 Å². The van der Waals surface area contributed by atoms with Crippen molar-refractivity contribution in [2.75, 3.05) is 5.32 Å². The maximum Gasteiger partial charge on any atom is 0.259 e. The van der Waals surface area contributed by atoms with E-state index < -0.39 is 5.91 Å². The van der Waals surface area contributed by atoms with Gasteiger partial charge in [0.05, 0.1) is 9.90 Å². The highest BCUT2D eigenvalue weighted by Crippen LogP contribution is 2.31. The Balaban J connectivity index is 1.45. The number of amides is 1. The number of furan rings is 1. The number of aromatic nitrogens is 1. The van der Waals surface area contributed by atoms with Gasteiger partial charge in [0, 0.05) is 10.8 Å². The van der Waals surface area contributed by atoms with Crippen LogP contribution >= 0.6 is 58.1 Å². The summed E-state index contributed by atoms with van der Waals surface area (Å²) in [6.07, 6.45) is 0. The van der Waals surface area contributed by atoms with Gasteiger partial charge in [-0.05, 0) is 30.4 Å². The van der Waals surface area contributed by atoms with Crippen LogP contribution in [-0.2, 0) is 0 Å². The summed E-state index contributed by atoms with van der Waals surface area (Å²) in [5, 5.41) is 8.94. The molecule has 0 aliphatic heterocycles. The lowest BCUT2D eigenvalue weighted by Gasteiger charge is -2.06. The minimum Gasteiger partial charge on any atom is -0.454 e. The Kier molecular flexibility index (Phi) is 5.16. The molecule has 5 nitrogen and oxygen atoms in total. The number of thiazole rings is 1. The minimum atomic E-state index is -0.435. The van der Waals surface area contributed by atoms with E-state index in [2.05, 4.69) is 15.6 Å². The molecule has 0 fully saturated rings. The summed E-state index contributed by atoms with van der Waals surface area (Å²) in [6, 6.07) is 11.2. The van der Waals surface area contributed by atoms with E-state index in [4.69, 9.17) is 39.8 Å². The van der Waals surface area contributed by atoms with Crippen LogP contribution in [0.2, 0.25) is 8.67 Å². The van der Waals surface area contributed by atoms with Crippen molar-refractivity contribution in [3.8, 4) is 11.5 Å². The molecule has 2 N–H and O–H groups in total. The molecule has 1 aromatic carbocycles. The maximum absolute atomic E-state index is 12.2. The van der Waals surface area contributed by atoms with Gasteiger partial charge < -0.3 is 9.73 Å². The van der Waals surface area contributed by atoms with Crippen molar-refractivity contribution >= 4 is 85.2 Å². The minimum absolute atomic E-state index is 0.115. The molecule has 136 valence electrons. The first-order valence-electron chi connectivity index (χ1n) is 7.51. The zero-order valence-corrected chi connectivity index (χ0v) is 17.2. The van der Waals surface area contributed by atoms with Crippen LogP contribution < -0.4 is 10.6 Å². The molecular formula is C17H9Cl2N3O2S3. The third-order valence-corrected chi connectivity index (χ3v) is 5.98. The van der Waals surface area contributed by atoms with Crippen molar-refractivity contribution in [2.45, 2.75) is 0 Å². The number of fused-ring (bicyclic) bond motifs is 1. The molecule has 10 heteroatoms. The topological polar surface area (TPSA) is 67.2 Å². The molecule has 0 radical (unpaired) electrons. The Morgan fingerprint density at radius 2 is 2.04 bits per heavy atom. The van der Waals surface area contributed by atoms with Gasteiger partial charge in [-0.15, -0.1) is 22.7 Å². The van der Waals surface area contributed by atoms with Gasteiger partial charge in [0.1, 0.15) is 15.6 Å². The van der Waals surface area contributed by atoms with Crippen LogP contribution in [-0.4, -0.2) is 16.0 Å². The molecule has 3 heterocycles. The van der Waals surface area contributed by atoms with E-state index >= 15 is 0 Å². The largest absolute Gasteiger partial charge is 0.454 e. The van der Waals surface area contributed by atoms with E-state index in [1.165, 1.54) is 17.4 Å². The van der Waals surface area contributed by atoms with E-state index in [0.29, 0.717) is 25.3 Å². The highest BCUT2D eigenvalue weighted by Gasteiger charge is 2.16. The molecule has 0 bridgehead atoms. The van der Waals surface area contributed by atoms with Crippen LogP contribution in [0.15, 0.2) is 46.2 Å². The second kappa shape index (κ2) is 7.57. The van der Waals surface area contributed by atoms with Gasteiger partial charge in [-0.2, -0.15) is 0 Å². The summed E-state index contributed by atoms with van der Waals surface area (Å²) in [6.45, 7) is 0.